The summed E-state index contributed by atoms with van der Waals surface area (Å²) < 4.78 is 8.00. The lowest BCUT2D eigenvalue weighted by Gasteiger charge is -2.29. The average Bonchev–Trinajstić information content (AvgIpc) is 3.52. The van der Waals surface area contributed by atoms with E-state index in [0.29, 0.717) is 11.8 Å². The van der Waals surface area contributed by atoms with E-state index in [0.717, 1.165) is 66.2 Å². The summed E-state index contributed by atoms with van der Waals surface area (Å²) in [6.45, 7) is 8.30. The first-order valence-electron chi connectivity index (χ1n) is 10.3. The number of rotatable bonds is 5. The summed E-state index contributed by atoms with van der Waals surface area (Å²) >= 11 is 0. The van der Waals surface area contributed by atoms with Gasteiger partial charge in [-0.2, -0.15) is 10.2 Å². The lowest BCUT2D eigenvalue weighted by atomic mass is 9.98. The summed E-state index contributed by atoms with van der Waals surface area (Å²) in [5, 5.41) is 21.7. The molecular formula is C21H25N7O. The number of aryl methyl sites for hydroxylation is 1. The minimum atomic E-state index is 0.318. The maximum atomic E-state index is 6.10. The predicted octanol–water partition coefficient (Wildman–Crippen LogP) is 3.70. The molecule has 4 aromatic rings. The summed E-state index contributed by atoms with van der Waals surface area (Å²) in [6.07, 6.45) is 6.13. The van der Waals surface area contributed by atoms with Gasteiger partial charge in [0.25, 0.3) is 0 Å². The van der Waals surface area contributed by atoms with Crippen molar-refractivity contribution in [1.29, 1.82) is 0 Å². The number of likely N-dealkylation sites (N-methyl/N-ethyl adjacent to an activating group) is 1. The van der Waals surface area contributed by atoms with E-state index in [9.17, 15) is 0 Å². The summed E-state index contributed by atoms with van der Waals surface area (Å²) in [5.41, 5.74) is 3.75. The molecule has 8 nitrogen and oxygen atoms in total. The Balaban J connectivity index is 1.46. The first kappa shape index (κ1) is 18.1. The van der Waals surface area contributed by atoms with Crippen LogP contribution in [0.15, 0.2) is 35.0 Å². The van der Waals surface area contributed by atoms with E-state index in [4.69, 9.17) is 4.42 Å². The van der Waals surface area contributed by atoms with Gasteiger partial charge in [-0.15, -0.1) is 10.2 Å². The lowest BCUT2D eigenvalue weighted by Crippen LogP contribution is -2.34. The number of nitrogens with zero attached hydrogens (tertiary/aromatic N) is 6. The van der Waals surface area contributed by atoms with Gasteiger partial charge in [-0.05, 0) is 51.1 Å². The van der Waals surface area contributed by atoms with Gasteiger partial charge in [-0.25, -0.2) is 0 Å². The molecule has 0 saturated carbocycles. The highest BCUT2D eigenvalue weighted by Crippen LogP contribution is 2.32. The standard InChI is InChI=1S/C21H25N7O/c1-3-27-9-5-6-15(12-27)21-26-25-20(29-21)14-7-8-18-17(10-14)19(24-23-18)16-11-22-28(4-2)13-16/h7-8,10-11,13,15H,3-6,9,12H2,1-2H3,(H,23,24). The predicted molar refractivity (Wildman–Crippen MR) is 110 cm³/mol. The van der Waals surface area contributed by atoms with Gasteiger partial charge in [-0.3, -0.25) is 9.78 Å². The number of hydrogen-bond donors (Lipinski definition) is 1. The number of piperidine rings is 1. The second-order valence-electron chi connectivity index (χ2n) is 7.60. The fourth-order valence-electron chi connectivity index (χ4n) is 4.09. The van der Waals surface area contributed by atoms with Crippen LogP contribution in [0.3, 0.4) is 0 Å². The average molecular weight is 391 g/mol. The van der Waals surface area contributed by atoms with Crippen molar-refractivity contribution in [3.05, 3.63) is 36.5 Å². The van der Waals surface area contributed by atoms with Crippen LogP contribution in [0.2, 0.25) is 0 Å². The highest BCUT2D eigenvalue weighted by Gasteiger charge is 2.25. The molecule has 1 saturated heterocycles. The molecule has 1 aliphatic rings. The zero-order valence-corrected chi connectivity index (χ0v) is 16.8. The van der Waals surface area contributed by atoms with Crippen molar-refractivity contribution in [3.63, 3.8) is 0 Å². The number of fused-ring (bicyclic) bond motifs is 1. The van der Waals surface area contributed by atoms with Gasteiger partial charge in [0.1, 0.15) is 5.69 Å². The Kier molecular flexibility index (Phi) is 4.63. The van der Waals surface area contributed by atoms with Crippen LogP contribution in [0, 0.1) is 0 Å². The molecule has 1 aromatic carbocycles. The van der Waals surface area contributed by atoms with Crippen molar-refractivity contribution >= 4 is 10.9 Å². The molecule has 150 valence electrons. The van der Waals surface area contributed by atoms with Crippen molar-refractivity contribution in [3.8, 4) is 22.7 Å². The van der Waals surface area contributed by atoms with Gasteiger partial charge in [0, 0.05) is 35.8 Å². The Morgan fingerprint density at radius 2 is 2.10 bits per heavy atom. The van der Waals surface area contributed by atoms with Crippen LogP contribution in [-0.4, -0.2) is 54.7 Å². The molecule has 8 heteroatoms. The van der Waals surface area contributed by atoms with Gasteiger partial charge in [0.15, 0.2) is 0 Å². The number of benzene rings is 1. The molecular weight excluding hydrogens is 366 g/mol. The molecule has 1 atom stereocenters. The fraction of sp³-hybridized carbons (Fsp3) is 0.429. The van der Waals surface area contributed by atoms with E-state index in [1.165, 1.54) is 6.42 Å². The van der Waals surface area contributed by atoms with Crippen LogP contribution in [-0.2, 0) is 6.54 Å². The lowest BCUT2D eigenvalue weighted by molar-refractivity contribution is 0.202. The molecule has 0 bridgehead atoms. The second-order valence-corrected chi connectivity index (χ2v) is 7.60. The molecule has 29 heavy (non-hydrogen) atoms. The molecule has 0 amide bonds. The summed E-state index contributed by atoms with van der Waals surface area (Å²) in [5.74, 6) is 1.62. The Bertz CT molecular complexity index is 1130. The molecule has 5 rings (SSSR count). The van der Waals surface area contributed by atoms with Gasteiger partial charge >= 0.3 is 0 Å². The zero-order valence-electron chi connectivity index (χ0n) is 16.8. The number of aromatic nitrogens is 6. The summed E-state index contributed by atoms with van der Waals surface area (Å²) in [6, 6.07) is 6.07. The molecule has 0 aliphatic carbocycles. The second kappa shape index (κ2) is 7.44. The van der Waals surface area contributed by atoms with Gasteiger partial charge in [0.2, 0.25) is 11.8 Å². The van der Waals surface area contributed by atoms with Crippen LogP contribution in [0.5, 0.6) is 0 Å². The van der Waals surface area contributed by atoms with Crippen molar-refractivity contribution in [2.75, 3.05) is 19.6 Å². The molecule has 3 aromatic heterocycles. The first-order chi connectivity index (χ1) is 14.2. The van der Waals surface area contributed by atoms with Crippen LogP contribution in [0.4, 0.5) is 0 Å². The number of H-pyrrole nitrogens is 1. The highest BCUT2D eigenvalue weighted by atomic mass is 16.4. The van der Waals surface area contributed by atoms with E-state index < -0.39 is 0 Å². The van der Waals surface area contributed by atoms with Crippen LogP contribution >= 0.6 is 0 Å². The Labute approximate surface area is 168 Å². The van der Waals surface area contributed by atoms with Crippen molar-refractivity contribution in [2.24, 2.45) is 0 Å². The zero-order chi connectivity index (χ0) is 19.8. The minimum Gasteiger partial charge on any atom is -0.420 e. The molecule has 1 aliphatic heterocycles. The molecule has 1 fully saturated rings. The molecule has 0 spiro atoms. The van der Waals surface area contributed by atoms with E-state index in [1.54, 1.807) is 0 Å². The largest absolute Gasteiger partial charge is 0.420 e. The van der Waals surface area contributed by atoms with E-state index in [2.05, 4.69) is 50.3 Å². The Hall–Kier alpha value is -3.00. The minimum absolute atomic E-state index is 0.318. The maximum Gasteiger partial charge on any atom is 0.247 e. The van der Waals surface area contributed by atoms with Gasteiger partial charge < -0.3 is 9.32 Å². The number of aromatic amines is 1. The summed E-state index contributed by atoms with van der Waals surface area (Å²) in [4.78, 5) is 2.44. The molecule has 1 N–H and O–H groups in total. The number of hydrogen-bond acceptors (Lipinski definition) is 6. The van der Waals surface area contributed by atoms with Crippen molar-refractivity contribution in [1.82, 2.24) is 35.1 Å². The fourth-order valence-corrected chi connectivity index (χ4v) is 4.09. The van der Waals surface area contributed by atoms with Gasteiger partial charge in [-0.1, -0.05) is 6.92 Å². The summed E-state index contributed by atoms with van der Waals surface area (Å²) in [7, 11) is 0. The first-order valence-corrected chi connectivity index (χ1v) is 10.3. The van der Waals surface area contributed by atoms with Crippen LogP contribution < -0.4 is 0 Å². The van der Waals surface area contributed by atoms with Crippen LogP contribution in [0.25, 0.3) is 33.6 Å². The van der Waals surface area contributed by atoms with E-state index in [-0.39, 0.29) is 0 Å². The van der Waals surface area contributed by atoms with Crippen LogP contribution in [0.1, 0.15) is 38.5 Å². The quantitative estimate of drug-likeness (QED) is 0.558. The SMILES string of the molecule is CCN1CCCC(c2nnc(-c3ccc4[nH]nc(-c5cnn(CC)c5)c4c3)o2)C1. The van der Waals surface area contributed by atoms with Crippen molar-refractivity contribution in [2.45, 2.75) is 39.2 Å². The Morgan fingerprint density at radius 1 is 1.17 bits per heavy atom. The molecule has 1 unspecified atom stereocenters. The molecule has 0 radical (unpaired) electrons. The smallest absolute Gasteiger partial charge is 0.247 e. The van der Waals surface area contributed by atoms with E-state index >= 15 is 0 Å². The number of nitrogens with one attached hydrogen (secondary N) is 1. The monoisotopic (exact) mass is 391 g/mol. The topological polar surface area (TPSA) is 88.7 Å². The van der Waals surface area contributed by atoms with E-state index in [1.807, 2.05) is 29.2 Å². The third-order valence-electron chi connectivity index (χ3n) is 5.78. The molecule has 4 heterocycles. The maximum absolute atomic E-state index is 6.10. The van der Waals surface area contributed by atoms with Crippen molar-refractivity contribution < 1.29 is 4.42 Å². The normalized spacial score (nSPS) is 17.9. The third-order valence-corrected chi connectivity index (χ3v) is 5.78. The number of likely N-dealkylation sites (tertiary alicyclic amines) is 1. The third kappa shape index (κ3) is 3.33. The Morgan fingerprint density at radius 3 is 2.93 bits per heavy atom. The highest BCUT2D eigenvalue weighted by molar-refractivity contribution is 5.94. The van der Waals surface area contributed by atoms with Gasteiger partial charge in [0.05, 0.1) is 17.6 Å².